The van der Waals surface area contributed by atoms with Crippen molar-refractivity contribution in [3.8, 4) is 5.75 Å². The Labute approximate surface area is 136 Å². The first-order chi connectivity index (χ1) is 11.1. The van der Waals surface area contributed by atoms with E-state index in [0.717, 1.165) is 31.5 Å². The molecule has 3 N–H and O–H groups in total. The second-order valence-corrected chi connectivity index (χ2v) is 5.57. The molecule has 0 bridgehead atoms. The molecule has 124 valence electrons. The maximum Gasteiger partial charge on any atom is 0.255 e. The molecular formula is C17H23N3O3. The van der Waals surface area contributed by atoms with Crippen molar-refractivity contribution in [2.24, 2.45) is 5.73 Å². The molecule has 0 radical (unpaired) electrons. The van der Waals surface area contributed by atoms with E-state index in [4.69, 9.17) is 10.5 Å². The van der Waals surface area contributed by atoms with E-state index < -0.39 is 5.91 Å². The Morgan fingerprint density at radius 3 is 2.78 bits per heavy atom. The molecule has 1 aliphatic rings. The highest BCUT2D eigenvalue weighted by Crippen LogP contribution is 2.14. The van der Waals surface area contributed by atoms with Gasteiger partial charge in [0.25, 0.3) is 5.91 Å². The highest BCUT2D eigenvalue weighted by Gasteiger charge is 2.20. The van der Waals surface area contributed by atoms with Gasteiger partial charge in [0.15, 0.2) is 6.61 Å². The van der Waals surface area contributed by atoms with Crippen molar-refractivity contribution in [1.82, 2.24) is 10.2 Å². The van der Waals surface area contributed by atoms with Gasteiger partial charge in [-0.3, -0.25) is 9.59 Å². The number of amides is 2. The van der Waals surface area contributed by atoms with Gasteiger partial charge in [-0.05, 0) is 43.7 Å². The van der Waals surface area contributed by atoms with Crippen LogP contribution in [-0.4, -0.2) is 49.5 Å². The zero-order valence-corrected chi connectivity index (χ0v) is 13.3. The third-order valence-electron chi connectivity index (χ3n) is 3.82. The SMILES string of the molecule is CNC1CCCN(C(=O)C=Cc2ccc(OCC(N)=O)cc2)C1. The standard InChI is InChI=1S/C17H23N3O3/c1-19-14-3-2-10-20(11-14)17(22)9-6-13-4-7-15(8-5-13)23-12-16(18)21/h4-9,14,19H,2-3,10-12H2,1H3,(H2,18,21). The molecule has 1 unspecified atom stereocenters. The van der Waals surface area contributed by atoms with Gasteiger partial charge in [0, 0.05) is 25.2 Å². The van der Waals surface area contributed by atoms with E-state index in [2.05, 4.69) is 5.32 Å². The van der Waals surface area contributed by atoms with Crippen molar-refractivity contribution < 1.29 is 14.3 Å². The van der Waals surface area contributed by atoms with Crippen LogP contribution in [-0.2, 0) is 9.59 Å². The quantitative estimate of drug-likeness (QED) is 0.759. The molecule has 6 heteroatoms. The smallest absolute Gasteiger partial charge is 0.255 e. The number of nitrogens with zero attached hydrogens (tertiary/aromatic N) is 1. The summed E-state index contributed by atoms with van der Waals surface area (Å²) >= 11 is 0. The Morgan fingerprint density at radius 2 is 2.13 bits per heavy atom. The number of carbonyl (C=O) groups is 2. The van der Waals surface area contributed by atoms with Crippen molar-refractivity contribution >= 4 is 17.9 Å². The van der Waals surface area contributed by atoms with Gasteiger partial charge < -0.3 is 20.7 Å². The molecule has 0 aliphatic carbocycles. The predicted molar refractivity (Wildman–Crippen MR) is 88.8 cm³/mol. The highest BCUT2D eigenvalue weighted by molar-refractivity contribution is 5.91. The van der Waals surface area contributed by atoms with Crippen LogP contribution >= 0.6 is 0 Å². The van der Waals surface area contributed by atoms with Gasteiger partial charge in [0.05, 0.1) is 0 Å². The summed E-state index contributed by atoms with van der Waals surface area (Å²) in [5.41, 5.74) is 5.92. The molecule has 1 aromatic rings. The summed E-state index contributed by atoms with van der Waals surface area (Å²) in [5, 5.41) is 3.22. The number of rotatable bonds is 6. The fraction of sp³-hybridized carbons (Fsp3) is 0.412. The van der Waals surface area contributed by atoms with Crippen molar-refractivity contribution in [3.05, 3.63) is 35.9 Å². The number of piperidine rings is 1. The maximum absolute atomic E-state index is 12.2. The molecule has 1 fully saturated rings. The second-order valence-electron chi connectivity index (χ2n) is 5.57. The lowest BCUT2D eigenvalue weighted by Gasteiger charge is -2.31. The molecule has 2 rings (SSSR count). The molecule has 1 aliphatic heterocycles. The summed E-state index contributed by atoms with van der Waals surface area (Å²) in [6.07, 6.45) is 5.51. The van der Waals surface area contributed by atoms with E-state index in [0.29, 0.717) is 11.8 Å². The topological polar surface area (TPSA) is 84.7 Å². The average molecular weight is 317 g/mol. The largest absolute Gasteiger partial charge is 0.484 e. The zero-order chi connectivity index (χ0) is 16.7. The van der Waals surface area contributed by atoms with Crippen LogP contribution in [0.5, 0.6) is 5.75 Å². The Hall–Kier alpha value is -2.34. The molecule has 0 aromatic heterocycles. The minimum atomic E-state index is -0.513. The van der Waals surface area contributed by atoms with E-state index in [-0.39, 0.29) is 12.5 Å². The molecule has 1 aromatic carbocycles. The fourth-order valence-corrected chi connectivity index (χ4v) is 2.52. The lowest BCUT2D eigenvalue weighted by molar-refractivity contribution is -0.127. The van der Waals surface area contributed by atoms with Crippen LogP contribution in [0.4, 0.5) is 0 Å². The van der Waals surface area contributed by atoms with Gasteiger partial charge in [0.2, 0.25) is 5.91 Å². The summed E-state index contributed by atoms with van der Waals surface area (Å²) in [4.78, 5) is 24.7. The van der Waals surface area contributed by atoms with Crippen LogP contribution in [0.25, 0.3) is 6.08 Å². The number of hydrogen-bond donors (Lipinski definition) is 2. The Morgan fingerprint density at radius 1 is 1.39 bits per heavy atom. The van der Waals surface area contributed by atoms with E-state index in [9.17, 15) is 9.59 Å². The second kappa shape index (κ2) is 8.33. The Bertz CT molecular complexity index is 569. The van der Waals surface area contributed by atoms with E-state index in [1.165, 1.54) is 0 Å². The normalized spacial score (nSPS) is 18.1. The highest BCUT2D eigenvalue weighted by atomic mass is 16.5. The van der Waals surface area contributed by atoms with Crippen molar-refractivity contribution in [2.75, 3.05) is 26.7 Å². The monoisotopic (exact) mass is 317 g/mol. The number of primary amides is 1. The molecule has 1 atom stereocenters. The van der Waals surface area contributed by atoms with Crippen LogP contribution in [0.2, 0.25) is 0 Å². The third-order valence-corrected chi connectivity index (χ3v) is 3.82. The van der Waals surface area contributed by atoms with Crippen LogP contribution in [0.3, 0.4) is 0 Å². The van der Waals surface area contributed by atoms with E-state index >= 15 is 0 Å². The van der Waals surface area contributed by atoms with Gasteiger partial charge in [-0.25, -0.2) is 0 Å². The molecule has 0 saturated carbocycles. The minimum Gasteiger partial charge on any atom is -0.484 e. The minimum absolute atomic E-state index is 0.0269. The van der Waals surface area contributed by atoms with Gasteiger partial charge in [0.1, 0.15) is 5.75 Å². The number of nitrogens with two attached hydrogens (primary N) is 1. The lowest BCUT2D eigenvalue weighted by Crippen LogP contribution is -2.46. The zero-order valence-electron chi connectivity index (χ0n) is 13.3. The molecule has 0 spiro atoms. The number of nitrogens with one attached hydrogen (secondary N) is 1. The van der Waals surface area contributed by atoms with E-state index in [1.54, 1.807) is 24.3 Å². The number of carbonyl (C=O) groups excluding carboxylic acids is 2. The van der Waals surface area contributed by atoms with Gasteiger partial charge in [-0.1, -0.05) is 12.1 Å². The van der Waals surface area contributed by atoms with E-state index in [1.807, 2.05) is 24.1 Å². The molecule has 1 saturated heterocycles. The third kappa shape index (κ3) is 5.41. The number of benzene rings is 1. The van der Waals surface area contributed by atoms with Crippen molar-refractivity contribution in [1.29, 1.82) is 0 Å². The van der Waals surface area contributed by atoms with Gasteiger partial charge >= 0.3 is 0 Å². The first-order valence-corrected chi connectivity index (χ1v) is 7.74. The number of likely N-dealkylation sites (N-methyl/N-ethyl adjacent to an activating group) is 1. The molecule has 2 amide bonds. The summed E-state index contributed by atoms with van der Waals surface area (Å²) in [7, 11) is 1.93. The summed E-state index contributed by atoms with van der Waals surface area (Å²) in [6.45, 7) is 1.41. The predicted octanol–water partition coefficient (Wildman–Crippen LogP) is 0.774. The van der Waals surface area contributed by atoms with Gasteiger partial charge in [-0.15, -0.1) is 0 Å². The van der Waals surface area contributed by atoms with Crippen LogP contribution in [0.1, 0.15) is 18.4 Å². The molecule has 23 heavy (non-hydrogen) atoms. The molecule has 6 nitrogen and oxygen atoms in total. The lowest BCUT2D eigenvalue weighted by atomic mass is 10.1. The summed E-state index contributed by atoms with van der Waals surface area (Å²) in [6, 6.07) is 7.51. The van der Waals surface area contributed by atoms with Crippen LogP contribution in [0.15, 0.2) is 30.3 Å². The van der Waals surface area contributed by atoms with Crippen molar-refractivity contribution in [3.63, 3.8) is 0 Å². The summed E-state index contributed by atoms with van der Waals surface area (Å²) in [5.74, 6) is 0.0835. The Kier molecular flexibility index (Phi) is 6.17. The fourth-order valence-electron chi connectivity index (χ4n) is 2.52. The molecule has 1 heterocycles. The number of likely N-dealkylation sites (tertiary alicyclic amines) is 1. The number of hydrogen-bond acceptors (Lipinski definition) is 4. The maximum atomic E-state index is 12.2. The van der Waals surface area contributed by atoms with Crippen LogP contribution in [0, 0.1) is 0 Å². The summed E-state index contributed by atoms with van der Waals surface area (Å²) < 4.78 is 5.19. The Balaban J connectivity index is 1.89. The average Bonchev–Trinajstić information content (AvgIpc) is 2.58. The molecular weight excluding hydrogens is 294 g/mol. The number of ether oxygens (including phenoxy) is 1. The first-order valence-electron chi connectivity index (χ1n) is 7.74. The van der Waals surface area contributed by atoms with Crippen molar-refractivity contribution in [2.45, 2.75) is 18.9 Å². The van der Waals surface area contributed by atoms with Crippen LogP contribution < -0.4 is 15.8 Å². The van der Waals surface area contributed by atoms with Gasteiger partial charge in [-0.2, -0.15) is 0 Å². The first kappa shape index (κ1) is 17.0.